The molecule has 0 bridgehead atoms. The average molecular weight is 364 g/mol. The van der Waals surface area contributed by atoms with E-state index in [4.69, 9.17) is 0 Å². The van der Waals surface area contributed by atoms with Gasteiger partial charge in [0, 0.05) is 11.3 Å². The molecule has 2 N–H and O–H groups in total. The van der Waals surface area contributed by atoms with E-state index in [0.717, 1.165) is 13.1 Å². The fourth-order valence-electron chi connectivity index (χ4n) is 3.94. The van der Waals surface area contributed by atoms with E-state index in [1.54, 1.807) is 32.0 Å². The van der Waals surface area contributed by atoms with Crippen LogP contribution >= 0.6 is 0 Å². The number of rotatable bonds is 3. The highest BCUT2D eigenvalue weighted by atomic mass is 19.4. The van der Waals surface area contributed by atoms with Gasteiger partial charge in [-0.2, -0.15) is 13.2 Å². The Labute approximate surface area is 148 Å². The monoisotopic (exact) mass is 364 g/mol. The van der Waals surface area contributed by atoms with Gasteiger partial charge in [0.15, 0.2) is 0 Å². The lowest BCUT2D eigenvalue weighted by Crippen LogP contribution is -2.44. The molecule has 2 fully saturated rings. The molecule has 2 aromatic rings. The number of amides is 1. The third kappa shape index (κ3) is 2.82. The summed E-state index contributed by atoms with van der Waals surface area (Å²) in [4.78, 5) is 20.0. The Kier molecular flexibility index (Phi) is 3.73. The number of nitrogens with one attached hydrogen (secondary N) is 2. The molecule has 1 aliphatic carbocycles. The van der Waals surface area contributed by atoms with Crippen molar-refractivity contribution in [2.24, 2.45) is 17.8 Å². The molecule has 1 saturated carbocycles. The summed E-state index contributed by atoms with van der Waals surface area (Å²) in [5, 5.41) is 6.64. The third-order valence-corrected chi connectivity index (χ3v) is 5.28. The second-order valence-electron chi connectivity index (χ2n) is 7.54. The molecule has 2 aliphatic rings. The lowest BCUT2D eigenvalue weighted by atomic mass is 9.95. The number of aromatic nitrogens is 2. The van der Waals surface area contributed by atoms with Gasteiger partial charge in [0.25, 0.3) is 0 Å². The number of carbonyl (C=O) groups excluding carboxylic acids is 1. The number of alkyl halides is 3. The first-order chi connectivity index (χ1) is 12.2. The van der Waals surface area contributed by atoms with Gasteiger partial charge in [-0.05, 0) is 44.8 Å². The van der Waals surface area contributed by atoms with Crippen LogP contribution in [0.2, 0.25) is 0 Å². The number of para-hydroxylation sites is 1. The Morgan fingerprint density at radius 1 is 1.15 bits per heavy atom. The van der Waals surface area contributed by atoms with Crippen molar-refractivity contribution in [3.63, 3.8) is 0 Å². The van der Waals surface area contributed by atoms with E-state index in [2.05, 4.69) is 20.6 Å². The van der Waals surface area contributed by atoms with Gasteiger partial charge in [-0.3, -0.25) is 4.79 Å². The summed E-state index contributed by atoms with van der Waals surface area (Å²) in [7, 11) is 0. The number of carbonyl (C=O) groups is 1. The zero-order chi connectivity index (χ0) is 18.7. The molecule has 138 valence electrons. The summed E-state index contributed by atoms with van der Waals surface area (Å²) < 4.78 is 39.7. The molecule has 26 heavy (non-hydrogen) atoms. The summed E-state index contributed by atoms with van der Waals surface area (Å²) in [6, 6.07) is 6.54. The lowest BCUT2D eigenvalue weighted by Gasteiger charge is -2.28. The highest BCUT2D eigenvalue weighted by Gasteiger charge is 2.57. The summed E-state index contributed by atoms with van der Waals surface area (Å²) in [5.74, 6) is -0.716. The Balaban J connectivity index is 1.70. The predicted molar refractivity (Wildman–Crippen MR) is 89.0 cm³/mol. The zero-order valence-electron chi connectivity index (χ0n) is 14.4. The van der Waals surface area contributed by atoms with Gasteiger partial charge >= 0.3 is 6.18 Å². The molecule has 2 heterocycles. The van der Waals surface area contributed by atoms with E-state index in [1.165, 1.54) is 6.07 Å². The topological polar surface area (TPSA) is 66.9 Å². The molecule has 0 radical (unpaired) electrons. The molecule has 1 amide bonds. The van der Waals surface area contributed by atoms with Crippen molar-refractivity contribution in [1.82, 2.24) is 20.6 Å². The minimum absolute atomic E-state index is 0.0642. The normalized spacial score (nSPS) is 25.2. The molecule has 8 heteroatoms. The zero-order valence-corrected chi connectivity index (χ0v) is 14.4. The molecule has 2 unspecified atom stereocenters. The van der Waals surface area contributed by atoms with Crippen LogP contribution in [0.5, 0.6) is 0 Å². The van der Waals surface area contributed by atoms with E-state index < -0.39 is 17.5 Å². The van der Waals surface area contributed by atoms with E-state index in [1.807, 2.05) is 0 Å². The van der Waals surface area contributed by atoms with Crippen molar-refractivity contribution in [3.8, 4) is 0 Å². The van der Waals surface area contributed by atoms with Gasteiger partial charge in [-0.25, -0.2) is 9.97 Å². The van der Waals surface area contributed by atoms with Gasteiger partial charge in [0.1, 0.15) is 0 Å². The second-order valence-corrected chi connectivity index (χ2v) is 7.54. The highest BCUT2D eigenvalue weighted by molar-refractivity contribution is 5.86. The van der Waals surface area contributed by atoms with Crippen molar-refractivity contribution in [2.45, 2.75) is 25.6 Å². The van der Waals surface area contributed by atoms with Gasteiger partial charge in [0.05, 0.1) is 16.7 Å². The molecule has 1 aromatic heterocycles. The maximum Gasteiger partial charge on any atom is 0.451 e. The van der Waals surface area contributed by atoms with Crippen LogP contribution in [0.4, 0.5) is 13.2 Å². The first kappa shape index (κ1) is 17.2. The van der Waals surface area contributed by atoms with Crippen LogP contribution in [-0.4, -0.2) is 29.0 Å². The first-order valence-corrected chi connectivity index (χ1v) is 8.56. The highest BCUT2D eigenvalue weighted by Crippen LogP contribution is 2.49. The fraction of sp³-hybridized carbons (Fsp3) is 0.500. The van der Waals surface area contributed by atoms with E-state index in [0.29, 0.717) is 17.2 Å². The number of piperidine rings is 1. The van der Waals surface area contributed by atoms with Crippen LogP contribution in [0.25, 0.3) is 10.9 Å². The van der Waals surface area contributed by atoms with Crippen molar-refractivity contribution >= 4 is 16.8 Å². The van der Waals surface area contributed by atoms with Gasteiger partial charge < -0.3 is 10.6 Å². The predicted octanol–water partition coefficient (Wildman–Crippen LogP) is 2.47. The standard InChI is InChI=1S/C18H19F3N4O/c1-17(2,25-15(26)13-10-7-22-8-11(10)13)14-9-5-3-4-6-12(9)23-16(24-14)18(19,20)21/h3-6,10-11,13,22H,7-8H2,1-2H3,(H,25,26). The Morgan fingerprint density at radius 2 is 1.81 bits per heavy atom. The minimum Gasteiger partial charge on any atom is -0.345 e. The molecule has 1 aliphatic heterocycles. The molecular weight excluding hydrogens is 345 g/mol. The van der Waals surface area contributed by atoms with Crippen molar-refractivity contribution in [3.05, 3.63) is 35.8 Å². The van der Waals surface area contributed by atoms with Crippen LogP contribution in [0, 0.1) is 17.8 Å². The first-order valence-electron chi connectivity index (χ1n) is 8.56. The molecule has 4 rings (SSSR count). The van der Waals surface area contributed by atoms with E-state index in [-0.39, 0.29) is 23.0 Å². The number of fused-ring (bicyclic) bond motifs is 2. The van der Waals surface area contributed by atoms with Crippen molar-refractivity contribution in [1.29, 1.82) is 0 Å². The number of nitrogens with zero attached hydrogens (tertiary/aromatic N) is 2. The SMILES string of the molecule is CC(C)(NC(=O)C1C2CNCC21)c1nc(C(F)(F)F)nc2ccccc12. The summed E-state index contributed by atoms with van der Waals surface area (Å²) in [5.41, 5.74) is -0.670. The molecular formula is C18H19F3N4O. The molecule has 0 spiro atoms. The summed E-state index contributed by atoms with van der Waals surface area (Å²) >= 11 is 0. The minimum atomic E-state index is -4.65. The van der Waals surface area contributed by atoms with Crippen LogP contribution in [0.3, 0.4) is 0 Å². The van der Waals surface area contributed by atoms with Gasteiger partial charge in [-0.1, -0.05) is 18.2 Å². The van der Waals surface area contributed by atoms with Gasteiger partial charge in [0.2, 0.25) is 11.7 Å². The Morgan fingerprint density at radius 3 is 2.46 bits per heavy atom. The van der Waals surface area contributed by atoms with E-state index >= 15 is 0 Å². The van der Waals surface area contributed by atoms with Crippen molar-refractivity contribution in [2.75, 3.05) is 13.1 Å². The van der Waals surface area contributed by atoms with E-state index in [9.17, 15) is 18.0 Å². The Hall–Kier alpha value is -2.22. The maximum atomic E-state index is 13.2. The smallest absolute Gasteiger partial charge is 0.345 e. The third-order valence-electron chi connectivity index (χ3n) is 5.28. The average Bonchev–Trinajstić information content (AvgIpc) is 3.06. The molecule has 2 atom stereocenters. The van der Waals surface area contributed by atoms with Crippen LogP contribution in [-0.2, 0) is 16.5 Å². The van der Waals surface area contributed by atoms with Crippen LogP contribution in [0.1, 0.15) is 25.4 Å². The molecule has 5 nitrogen and oxygen atoms in total. The lowest BCUT2D eigenvalue weighted by molar-refractivity contribution is -0.144. The number of hydrogen-bond acceptors (Lipinski definition) is 4. The molecule has 1 aromatic carbocycles. The van der Waals surface area contributed by atoms with Crippen molar-refractivity contribution < 1.29 is 18.0 Å². The maximum absolute atomic E-state index is 13.2. The van der Waals surface area contributed by atoms with Gasteiger partial charge in [-0.15, -0.1) is 0 Å². The summed E-state index contributed by atoms with van der Waals surface area (Å²) in [6.45, 7) is 4.99. The fourth-order valence-corrected chi connectivity index (χ4v) is 3.94. The van der Waals surface area contributed by atoms with Crippen LogP contribution in [0.15, 0.2) is 24.3 Å². The number of benzene rings is 1. The summed E-state index contributed by atoms with van der Waals surface area (Å²) in [6.07, 6.45) is -4.65. The number of halogens is 3. The Bertz CT molecular complexity index is 870. The number of hydrogen-bond donors (Lipinski definition) is 2. The molecule has 1 saturated heterocycles. The van der Waals surface area contributed by atoms with Crippen LogP contribution < -0.4 is 10.6 Å². The second kappa shape index (κ2) is 5.64. The largest absolute Gasteiger partial charge is 0.451 e. The quantitative estimate of drug-likeness (QED) is 0.878.